The number of anilines is 1. The third-order valence-electron chi connectivity index (χ3n) is 6.39. The van der Waals surface area contributed by atoms with Gasteiger partial charge in [0.2, 0.25) is 11.8 Å². The summed E-state index contributed by atoms with van der Waals surface area (Å²) in [5, 5.41) is 14.7. The van der Waals surface area contributed by atoms with Crippen molar-refractivity contribution in [3.05, 3.63) is 65.7 Å². The number of ether oxygens (including phenoxy) is 1. The number of esters is 1. The van der Waals surface area contributed by atoms with Crippen LogP contribution in [0.1, 0.15) is 81.4 Å². The van der Waals surface area contributed by atoms with E-state index in [2.05, 4.69) is 10.6 Å². The molecule has 1 atom stereocenters. The van der Waals surface area contributed by atoms with E-state index in [4.69, 9.17) is 9.94 Å². The molecule has 0 saturated heterocycles. The van der Waals surface area contributed by atoms with E-state index in [1.807, 2.05) is 54.6 Å². The van der Waals surface area contributed by atoms with Crippen LogP contribution < -0.4 is 16.1 Å². The van der Waals surface area contributed by atoms with Gasteiger partial charge in [0, 0.05) is 18.5 Å². The van der Waals surface area contributed by atoms with Gasteiger partial charge < -0.3 is 10.1 Å². The Hall–Kier alpha value is -3.23. The molecule has 1 fully saturated rings. The molecule has 0 radical (unpaired) electrons. The van der Waals surface area contributed by atoms with Gasteiger partial charge in [0.25, 0.3) is 0 Å². The second-order valence-electron chi connectivity index (χ2n) is 9.24. The van der Waals surface area contributed by atoms with E-state index in [0.29, 0.717) is 12.8 Å². The first-order chi connectivity index (χ1) is 17.5. The van der Waals surface area contributed by atoms with Crippen molar-refractivity contribution < 1.29 is 24.3 Å². The van der Waals surface area contributed by atoms with Gasteiger partial charge in [-0.25, -0.2) is 5.48 Å². The molecule has 2 aromatic carbocycles. The average molecular weight is 496 g/mol. The Morgan fingerprint density at radius 2 is 1.44 bits per heavy atom. The predicted octanol–water partition coefficient (Wildman–Crippen LogP) is 4.64. The van der Waals surface area contributed by atoms with Crippen LogP contribution in [-0.4, -0.2) is 35.6 Å². The lowest BCUT2D eigenvalue weighted by Crippen LogP contribution is -2.31. The van der Waals surface area contributed by atoms with Crippen LogP contribution in [-0.2, 0) is 19.1 Å². The van der Waals surface area contributed by atoms with Gasteiger partial charge in [-0.05, 0) is 61.8 Å². The van der Waals surface area contributed by atoms with Crippen molar-refractivity contribution in [2.45, 2.75) is 76.4 Å². The van der Waals surface area contributed by atoms with E-state index in [0.717, 1.165) is 61.8 Å². The SMILES string of the molecule is O=C(CCCCCCC(=O)Nc1ccc([C@H](NCC(=O)OC2CCCC2)c2ccccc2)cc1)NO. The fourth-order valence-corrected chi connectivity index (χ4v) is 4.46. The highest BCUT2D eigenvalue weighted by Crippen LogP contribution is 2.24. The summed E-state index contributed by atoms with van der Waals surface area (Å²) in [5.41, 5.74) is 4.36. The highest BCUT2D eigenvalue weighted by molar-refractivity contribution is 5.90. The molecule has 4 N–H and O–H groups in total. The van der Waals surface area contributed by atoms with Crippen molar-refractivity contribution in [3.8, 4) is 0 Å². The van der Waals surface area contributed by atoms with E-state index in [1.54, 1.807) is 5.48 Å². The number of hydroxylamine groups is 1. The summed E-state index contributed by atoms with van der Waals surface area (Å²) in [4.78, 5) is 35.6. The molecular formula is C28H37N3O5. The monoisotopic (exact) mass is 495 g/mol. The molecule has 0 heterocycles. The molecule has 0 spiro atoms. The number of benzene rings is 2. The number of hydrogen-bond acceptors (Lipinski definition) is 6. The third kappa shape index (κ3) is 9.43. The number of unbranched alkanes of at least 4 members (excludes halogenated alkanes) is 3. The van der Waals surface area contributed by atoms with Crippen LogP contribution in [0.2, 0.25) is 0 Å². The van der Waals surface area contributed by atoms with Gasteiger partial charge in [-0.2, -0.15) is 0 Å². The van der Waals surface area contributed by atoms with Gasteiger partial charge in [-0.3, -0.25) is 24.9 Å². The number of carbonyl (C=O) groups excluding carboxylic acids is 3. The van der Waals surface area contributed by atoms with Crippen LogP contribution in [0.5, 0.6) is 0 Å². The Kier molecular flexibility index (Phi) is 11.4. The Morgan fingerprint density at radius 3 is 2.08 bits per heavy atom. The maximum absolute atomic E-state index is 12.4. The molecule has 2 amide bonds. The summed E-state index contributed by atoms with van der Waals surface area (Å²) in [7, 11) is 0. The zero-order chi connectivity index (χ0) is 25.6. The molecule has 3 rings (SSSR count). The van der Waals surface area contributed by atoms with Crippen molar-refractivity contribution in [1.29, 1.82) is 0 Å². The lowest BCUT2D eigenvalue weighted by atomic mass is 9.98. The van der Waals surface area contributed by atoms with Gasteiger partial charge in [-0.15, -0.1) is 0 Å². The summed E-state index contributed by atoms with van der Waals surface area (Å²) >= 11 is 0. The van der Waals surface area contributed by atoms with Crippen LogP contribution in [0.25, 0.3) is 0 Å². The lowest BCUT2D eigenvalue weighted by molar-refractivity contribution is -0.147. The van der Waals surface area contributed by atoms with Gasteiger partial charge in [0.1, 0.15) is 6.10 Å². The maximum Gasteiger partial charge on any atom is 0.320 e. The smallest absolute Gasteiger partial charge is 0.320 e. The minimum absolute atomic E-state index is 0.0464. The van der Waals surface area contributed by atoms with E-state index < -0.39 is 0 Å². The molecule has 1 aliphatic rings. The standard InChI is InChI=1S/C28H37N3O5/c32-25(14-6-1-2-7-15-26(33)31-35)30-23-18-16-22(17-19-23)28(21-10-4-3-5-11-21)29-20-27(34)36-24-12-8-9-13-24/h3-5,10-11,16-19,24,28-29,35H,1-2,6-9,12-15,20H2,(H,30,32)(H,31,33)/t28-/m1/s1. The molecule has 0 aliphatic heterocycles. The first kappa shape index (κ1) is 27.4. The predicted molar refractivity (Wildman–Crippen MR) is 137 cm³/mol. The minimum atomic E-state index is -0.384. The molecule has 0 aromatic heterocycles. The molecule has 36 heavy (non-hydrogen) atoms. The van der Waals surface area contributed by atoms with Crippen molar-refractivity contribution >= 4 is 23.5 Å². The van der Waals surface area contributed by atoms with E-state index >= 15 is 0 Å². The molecule has 0 bridgehead atoms. The summed E-state index contributed by atoms with van der Waals surface area (Å²) in [5.74, 6) is -0.670. The third-order valence-corrected chi connectivity index (χ3v) is 6.39. The molecule has 1 aliphatic carbocycles. The molecule has 194 valence electrons. The fraction of sp³-hybridized carbons (Fsp3) is 0.464. The minimum Gasteiger partial charge on any atom is -0.461 e. The van der Waals surface area contributed by atoms with Crippen LogP contribution >= 0.6 is 0 Å². The van der Waals surface area contributed by atoms with Gasteiger partial charge in [0.15, 0.2) is 0 Å². The van der Waals surface area contributed by atoms with E-state index in [9.17, 15) is 14.4 Å². The zero-order valence-corrected chi connectivity index (χ0v) is 20.7. The second kappa shape index (κ2) is 15.0. The lowest BCUT2D eigenvalue weighted by Gasteiger charge is -2.21. The molecule has 1 saturated carbocycles. The normalized spacial score (nSPS) is 14.2. The largest absolute Gasteiger partial charge is 0.461 e. The Labute approximate surface area is 212 Å². The number of amides is 2. The Bertz CT molecular complexity index is 959. The highest BCUT2D eigenvalue weighted by Gasteiger charge is 2.21. The zero-order valence-electron chi connectivity index (χ0n) is 20.7. The first-order valence-corrected chi connectivity index (χ1v) is 12.9. The first-order valence-electron chi connectivity index (χ1n) is 12.9. The molecule has 8 nitrogen and oxygen atoms in total. The number of hydrogen-bond donors (Lipinski definition) is 4. The van der Waals surface area contributed by atoms with Gasteiger partial charge in [0.05, 0.1) is 12.6 Å². The summed E-state index contributed by atoms with van der Waals surface area (Å²) in [6.07, 6.45) is 7.97. The van der Waals surface area contributed by atoms with Gasteiger partial charge >= 0.3 is 5.97 Å². The van der Waals surface area contributed by atoms with Crippen LogP contribution in [0.15, 0.2) is 54.6 Å². The van der Waals surface area contributed by atoms with Crippen molar-refractivity contribution in [1.82, 2.24) is 10.8 Å². The quantitative estimate of drug-likeness (QED) is 0.131. The van der Waals surface area contributed by atoms with Gasteiger partial charge in [-0.1, -0.05) is 55.3 Å². The molecule has 2 aromatic rings. The Balaban J connectivity index is 1.49. The summed E-state index contributed by atoms with van der Waals surface area (Å²) in [6.45, 7) is 0.124. The van der Waals surface area contributed by atoms with Crippen molar-refractivity contribution in [2.75, 3.05) is 11.9 Å². The molecule has 8 heteroatoms. The average Bonchev–Trinajstić information content (AvgIpc) is 3.40. The highest BCUT2D eigenvalue weighted by atomic mass is 16.5. The van der Waals surface area contributed by atoms with E-state index in [-0.39, 0.29) is 42.9 Å². The van der Waals surface area contributed by atoms with Crippen LogP contribution in [0.4, 0.5) is 5.69 Å². The van der Waals surface area contributed by atoms with Crippen LogP contribution in [0.3, 0.4) is 0 Å². The van der Waals surface area contributed by atoms with Crippen molar-refractivity contribution in [2.24, 2.45) is 0 Å². The maximum atomic E-state index is 12.4. The second-order valence-corrected chi connectivity index (χ2v) is 9.24. The number of carbonyl (C=O) groups is 3. The molecule has 0 unspecified atom stereocenters. The number of nitrogens with one attached hydrogen (secondary N) is 3. The fourth-order valence-electron chi connectivity index (χ4n) is 4.46. The van der Waals surface area contributed by atoms with Crippen LogP contribution in [0, 0.1) is 0 Å². The van der Waals surface area contributed by atoms with E-state index in [1.165, 1.54) is 0 Å². The summed E-state index contributed by atoms with van der Waals surface area (Å²) in [6, 6.07) is 17.4. The molecular weight excluding hydrogens is 458 g/mol. The van der Waals surface area contributed by atoms with Crippen molar-refractivity contribution in [3.63, 3.8) is 0 Å². The number of rotatable bonds is 14. The topological polar surface area (TPSA) is 117 Å². The Morgan fingerprint density at radius 1 is 0.833 bits per heavy atom. The summed E-state index contributed by atoms with van der Waals surface area (Å²) < 4.78 is 5.59.